The molecule has 5 heteroatoms. The van der Waals surface area contributed by atoms with Crippen LogP contribution in [0.1, 0.15) is 12.7 Å². The summed E-state index contributed by atoms with van der Waals surface area (Å²) in [6.07, 6.45) is -0.0231. The molecule has 0 aromatic carbocycles. The van der Waals surface area contributed by atoms with Gasteiger partial charge in [-0.2, -0.15) is 0 Å². The Kier molecular flexibility index (Phi) is 2.68. The van der Waals surface area contributed by atoms with E-state index in [2.05, 4.69) is 0 Å². The first-order valence-corrected chi connectivity index (χ1v) is 5.08. The molecule has 86 valence electrons. The third-order valence-corrected chi connectivity index (χ3v) is 2.46. The van der Waals surface area contributed by atoms with Crippen molar-refractivity contribution in [3.05, 3.63) is 28.3 Å². The summed E-state index contributed by atoms with van der Waals surface area (Å²) in [6, 6.07) is 2.97. The Morgan fingerprint density at radius 2 is 2.19 bits per heavy atom. The third kappa shape index (κ3) is 2.24. The molecule has 0 radical (unpaired) electrons. The van der Waals surface area contributed by atoms with Gasteiger partial charge in [-0.05, 0) is 6.92 Å². The van der Waals surface area contributed by atoms with Gasteiger partial charge in [0.05, 0.1) is 19.2 Å². The van der Waals surface area contributed by atoms with Crippen molar-refractivity contribution in [2.24, 2.45) is 0 Å². The van der Waals surface area contributed by atoms with E-state index in [0.29, 0.717) is 24.6 Å². The number of carbonyl (C=O) groups is 1. The second kappa shape index (κ2) is 4.00. The van der Waals surface area contributed by atoms with Gasteiger partial charge in [-0.25, -0.2) is 4.79 Å². The van der Waals surface area contributed by atoms with Gasteiger partial charge in [-0.1, -0.05) is 0 Å². The molecule has 1 aromatic heterocycles. The first-order chi connectivity index (χ1) is 7.54. The van der Waals surface area contributed by atoms with Crippen LogP contribution in [0.5, 0.6) is 5.75 Å². The molecule has 1 aliphatic rings. The standard InChI is InChI=1S/C11H13NO4/c1-7-3-9(4-11(14)15-7)16-10-5-12(6-10)8(2)13/h3-4,10H,5-6H2,1-2H3. The molecule has 1 fully saturated rings. The van der Waals surface area contributed by atoms with Gasteiger partial charge in [0.25, 0.3) is 0 Å². The van der Waals surface area contributed by atoms with Gasteiger partial charge in [-0.3, -0.25) is 4.79 Å². The highest BCUT2D eigenvalue weighted by Crippen LogP contribution is 2.17. The minimum Gasteiger partial charge on any atom is -0.486 e. The number of ether oxygens (including phenoxy) is 1. The average molecular weight is 223 g/mol. The number of likely N-dealkylation sites (tertiary alicyclic amines) is 1. The molecule has 5 nitrogen and oxygen atoms in total. The molecular weight excluding hydrogens is 210 g/mol. The SMILES string of the molecule is CC(=O)N1CC(Oc2cc(C)oc(=O)c2)C1. The van der Waals surface area contributed by atoms with Crippen molar-refractivity contribution >= 4 is 5.91 Å². The van der Waals surface area contributed by atoms with E-state index in [1.807, 2.05) is 0 Å². The quantitative estimate of drug-likeness (QED) is 0.735. The maximum atomic E-state index is 11.1. The predicted molar refractivity (Wildman–Crippen MR) is 56.4 cm³/mol. The maximum Gasteiger partial charge on any atom is 0.339 e. The molecule has 0 saturated carbocycles. The Morgan fingerprint density at radius 3 is 2.75 bits per heavy atom. The molecule has 2 rings (SSSR count). The first kappa shape index (κ1) is 10.7. The molecule has 2 heterocycles. The zero-order valence-corrected chi connectivity index (χ0v) is 9.23. The van der Waals surface area contributed by atoms with E-state index in [1.54, 1.807) is 17.9 Å². The normalized spacial score (nSPS) is 15.8. The van der Waals surface area contributed by atoms with Gasteiger partial charge in [0, 0.05) is 13.0 Å². The van der Waals surface area contributed by atoms with Gasteiger partial charge in [-0.15, -0.1) is 0 Å². The lowest BCUT2D eigenvalue weighted by Crippen LogP contribution is -2.55. The van der Waals surface area contributed by atoms with Crippen LogP contribution in [0.15, 0.2) is 21.3 Å². The molecule has 0 atom stereocenters. The zero-order valence-electron chi connectivity index (χ0n) is 9.23. The lowest BCUT2D eigenvalue weighted by atomic mass is 10.1. The van der Waals surface area contributed by atoms with Gasteiger partial charge in [0.2, 0.25) is 5.91 Å². The van der Waals surface area contributed by atoms with E-state index in [4.69, 9.17) is 9.15 Å². The van der Waals surface area contributed by atoms with Crippen LogP contribution in [0.25, 0.3) is 0 Å². The molecule has 0 N–H and O–H groups in total. The highest BCUT2D eigenvalue weighted by atomic mass is 16.5. The number of hydrogen-bond acceptors (Lipinski definition) is 4. The van der Waals surface area contributed by atoms with Gasteiger partial charge >= 0.3 is 5.63 Å². The Labute approximate surface area is 92.6 Å². The number of aryl methyl sites for hydroxylation is 1. The van der Waals surface area contributed by atoms with Crippen LogP contribution < -0.4 is 10.4 Å². The molecule has 1 amide bonds. The van der Waals surface area contributed by atoms with Gasteiger partial charge in [0.15, 0.2) is 0 Å². The molecule has 0 spiro atoms. The fraction of sp³-hybridized carbons (Fsp3) is 0.455. The number of rotatable bonds is 2. The maximum absolute atomic E-state index is 11.1. The monoisotopic (exact) mass is 223 g/mol. The summed E-state index contributed by atoms with van der Waals surface area (Å²) in [4.78, 5) is 23.7. The van der Waals surface area contributed by atoms with E-state index in [-0.39, 0.29) is 12.0 Å². The van der Waals surface area contributed by atoms with Gasteiger partial charge in [0.1, 0.15) is 17.6 Å². The summed E-state index contributed by atoms with van der Waals surface area (Å²) in [5.74, 6) is 1.07. The second-order valence-corrected chi connectivity index (χ2v) is 3.89. The summed E-state index contributed by atoms with van der Waals surface area (Å²) < 4.78 is 10.3. The van der Waals surface area contributed by atoms with Crippen LogP contribution in [0.3, 0.4) is 0 Å². The summed E-state index contributed by atoms with van der Waals surface area (Å²) >= 11 is 0. The molecule has 1 saturated heterocycles. The number of hydrogen-bond donors (Lipinski definition) is 0. The van der Waals surface area contributed by atoms with Crippen molar-refractivity contribution in [1.82, 2.24) is 4.90 Å². The third-order valence-electron chi connectivity index (χ3n) is 2.46. The minimum absolute atomic E-state index is 0.0231. The van der Waals surface area contributed by atoms with Crippen LogP contribution in [-0.2, 0) is 4.79 Å². The van der Waals surface area contributed by atoms with Crippen molar-refractivity contribution < 1.29 is 13.9 Å². The predicted octanol–water partition coefficient (Wildman–Crippen LogP) is 0.558. The largest absolute Gasteiger partial charge is 0.486 e. The Morgan fingerprint density at radius 1 is 1.50 bits per heavy atom. The molecule has 1 aromatic rings. The molecule has 0 aliphatic carbocycles. The second-order valence-electron chi connectivity index (χ2n) is 3.89. The van der Waals surface area contributed by atoms with Crippen molar-refractivity contribution in [2.75, 3.05) is 13.1 Å². The Hall–Kier alpha value is -1.78. The molecular formula is C11H13NO4. The summed E-state index contributed by atoms with van der Waals surface area (Å²) in [7, 11) is 0. The smallest absolute Gasteiger partial charge is 0.339 e. The van der Waals surface area contributed by atoms with E-state index >= 15 is 0 Å². The van der Waals surface area contributed by atoms with E-state index in [1.165, 1.54) is 13.0 Å². The molecule has 1 aliphatic heterocycles. The van der Waals surface area contributed by atoms with Gasteiger partial charge < -0.3 is 14.1 Å². The summed E-state index contributed by atoms with van der Waals surface area (Å²) in [6.45, 7) is 4.37. The Balaban J connectivity index is 1.96. The molecule has 16 heavy (non-hydrogen) atoms. The van der Waals surface area contributed by atoms with E-state index in [0.717, 1.165) is 0 Å². The van der Waals surface area contributed by atoms with Crippen LogP contribution in [0.4, 0.5) is 0 Å². The van der Waals surface area contributed by atoms with Crippen LogP contribution in [0.2, 0.25) is 0 Å². The van der Waals surface area contributed by atoms with Crippen LogP contribution in [-0.4, -0.2) is 30.0 Å². The minimum atomic E-state index is -0.419. The summed E-state index contributed by atoms with van der Waals surface area (Å²) in [5.41, 5.74) is -0.419. The van der Waals surface area contributed by atoms with Crippen molar-refractivity contribution in [1.29, 1.82) is 0 Å². The average Bonchev–Trinajstić information content (AvgIpc) is 2.08. The fourth-order valence-corrected chi connectivity index (χ4v) is 1.61. The van der Waals surface area contributed by atoms with Crippen LogP contribution in [0, 0.1) is 6.92 Å². The van der Waals surface area contributed by atoms with Crippen molar-refractivity contribution in [3.8, 4) is 5.75 Å². The molecule has 0 bridgehead atoms. The summed E-state index contributed by atoms with van der Waals surface area (Å²) in [5, 5.41) is 0. The topological polar surface area (TPSA) is 59.8 Å². The highest BCUT2D eigenvalue weighted by molar-refractivity contribution is 5.74. The number of carbonyl (C=O) groups excluding carboxylic acids is 1. The molecule has 0 unspecified atom stereocenters. The zero-order chi connectivity index (χ0) is 11.7. The van der Waals surface area contributed by atoms with Crippen molar-refractivity contribution in [3.63, 3.8) is 0 Å². The lowest BCUT2D eigenvalue weighted by molar-refractivity contribution is -0.137. The highest BCUT2D eigenvalue weighted by Gasteiger charge is 2.30. The first-order valence-electron chi connectivity index (χ1n) is 5.08. The van der Waals surface area contributed by atoms with E-state index < -0.39 is 5.63 Å². The van der Waals surface area contributed by atoms with Crippen molar-refractivity contribution in [2.45, 2.75) is 20.0 Å². The van der Waals surface area contributed by atoms with Crippen LogP contribution >= 0.6 is 0 Å². The van der Waals surface area contributed by atoms with E-state index in [9.17, 15) is 9.59 Å². The lowest BCUT2D eigenvalue weighted by Gasteiger charge is -2.38. The number of nitrogens with zero attached hydrogens (tertiary/aromatic N) is 1. The Bertz CT molecular complexity index is 459. The number of amides is 1. The fourth-order valence-electron chi connectivity index (χ4n) is 1.61.